The Labute approximate surface area is 112 Å². The number of rotatable bonds is 6. The summed E-state index contributed by atoms with van der Waals surface area (Å²) in [6.45, 7) is 5.55. The van der Waals surface area contributed by atoms with E-state index in [1.165, 1.54) is 5.56 Å². The standard InChI is InChI=1S/C14H19N3O2/c1-3-19-14(18)6-7-15-8-12-10-17-9-11(2)4-5-13(17)16-12/h4-5,9-10,15H,3,6-8H2,1-2H3. The number of carbonyl (C=O) groups is 1. The SMILES string of the molecule is CCOC(=O)CCNCc1cn2cc(C)ccc2n1. The first kappa shape index (κ1) is 13.5. The quantitative estimate of drug-likeness (QED) is 0.635. The van der Waals surface area contributed by atoms with E-state index in [4.69, 9.17) is 4.74 Å². The van der Waals surface area contributed by atoms with Crippen LogP contribution in [0.4, 0.5) is 0 Å². The summed E-state index contributed by atoms with van der Waals surface area (Å²) >= 11 is 0. The van der Waals surface area contributed by atoms with Gasteiger partial charge < -0.3 is 14.5 Å². The summed E-state index contributed by atoms with van der Waals surface area (Å²) in [7, 11) is 0. The fraction of sp³-hybridized carbons (Fsp3) is 0.429. The minimum Gasteiger partial charge on any atom is -0.466 e. The lowest BCUT2D eigenvalue weighted by Gasteiger charge is -2.02. The number of esters is 1. The van der Waals surface area contributed by atoms with E-state index in [2.05, 4.69) is 17.2 Å². The second kappa shape index (κ2) is 6.33. The number of fused-ring (bicyclic) bond motifs is 1. The maximum atomic E-state index is 11.2. The van der Waals surface area contributed by atoms with E-state index in [0.717, 1.165) is 11.3 Å². The van der Waals surface area contributed by atoms with Gasteiger partial charge >= 0.3 is 5.97 Å². The zero-order valence-electron chi connectivity index (χ0n) is 11.3. The Balaban J connectivity index is 1.83. The predicted molar refractivity (Wildman–Crippen MR) is 72.9 cm³/mol. The first-order valence-electron chi connectivity index (χ1n) is 6.49. The van der Waals surface area contributed by atoms with E-state index in [1.54, 1.807) is 0 Å². The number of hydrogen-bond donors (Lipinski definition) is 1. The van der Waals surface area contributed by atoms with Crippen LogP contribution in [-0.4, -0.2) is 28.5 Å². The predicted octanol–water partition coefficient (Wildman–Crippen LogP) is 1.69. The van der Waals surface area contributed by atoms with Gasteiger partial charge in [-0.3, -0.25) is 4.79 Å². The van der Waals surface area contributed by atoms with Crippen molar-refractivity contribution >= 4 is 11.6 Å². The Hall–Kier alpha value is -1.88. The molecular formula is C14H19N3O2. The summed E-state index contributed by atoms with van der Waals surface area (Å²) in [5.41, 5.74) is 3.11. The number of imidazole rings is 1. The smallest absolute Gasteiger partial charge is 0.307 e. The van der Waals surface area contributed by atoms with Crippen LogP contribution in [0.2, 0.25) is 0 Å². The highest BCUT2D eigenvalue weighted by molar-refractivity contribution is 5.69. The normalized spacial score (nSPS) is 10.8. The molecule has 0 atom stereocenters. The summed E-state index contributed by atoms with van der Waals surface area (Å²) in [6.07, 6.45) is 4.43. The Morgan fingerprint density at radius 2 is 2.26 bits per heavy atom. The van der Waals surface area contributed by atoms with Crippen LogP contribution in [0.1, 0.15) is 24.6 Å². The van der Waals surface area contributed by atoms with Gasteiger partial charge in [0.25, 0.3) is 0 Å². The van der Waals surface area contributed by atoms with Crippen molar-refractivity contribution in [2.45, 2.75) is 26.8 Å². The van der Waals surface area contributed by atoms with E-state index < -0.39 is 0 Å². The molecule has 19 heavy (non-hydrogen) atoms. The molecule has 5 nitrogen and oxygen atoms in total. The van der Waals surface area contributed by atoms with Gasteiger partial charge in [0.05, 0.1) is 18.7 Å². The number of aryl methyl sites for hydroxylation is 1. The molecule has 0 amide bonds. The van der Waals surface area contributed by atoms with Crippen molar-refractivity contribution in [3.63, 3.8) is 0 Å². The van der Waals surface area contributed by atoms with Crippen LogP contribution >= 0.6 is 0 Å². The monoisotopic (exact) mass is 261 g/mol. The Morgan fingerprint density at radius 1 is 1.42 bits per heavy atom. The average molecular weight is 261 g/mol. The van der Waals surface area contributed by atoms with E-state index >= 15 is 0 Å². The van der Waals surface area contributed by atoms with Gasteiger partial charge in [-0.15, -0.1) is 0 Å². The van der Waals surface area contributed by atoms with Gasteiger partial charge in [-0.25, -0.2) is 4.98 Å². The van der Waals surface area contributed by atoms with Crippen LogP contribution in [0.25, 0.3) is 5.65 Å². The maximum Gasteiger partial charge on any atom is 0.307 e. The highest BCUT2D eigenvalue weighted by Crippen LogP contribution is 2.06. The van der Waals surface area contributed by atoms with E-state index in [0.29, 0.717) is 26.1 Å². The molecule has 2 aromatic rings. The van der Waals surface area contributed by atoms with Crippen molar-refractivity contribution in [2.24, 2.45) is 0 Å². The van der Waals surface area contributed by atoms with Gasteiger partial charge in [0.15, 0.2) is 0 Å². The summed E-state index contributed by atoms with van der Waals surface area (Å²) in [6, 6.07) is 4.04. The van der Waals surface area contributed by atoms with E-state index in [1.807, 2.05) is 35.9 Å². The summed E-state index contributed by atoms with van der Waals surface area (Å²) < 4.78 is 6.87. The largest absolute Gasteiger partial charge is 0.466 e. The molecule has 0 spiro atoms. The van der Waals surface area contributed by atoms with Crippen molar-refractivity contribution in [2.75, 3.05) is 13.2 Å². The minimum atomic E-state index is -0.166. The van der Waals surface area contributed by atoms with Gasteiger partial charge in [0.1, 0.15) is 5.65 Å². The first-order chi connectivity index (χ1) is 9.19. The van der Waals surface area contributed by atoms with Crippen molar-refractivity contribution in [3.05, 3.63) is 35.8 Å². The highest BCUT2D eigenvalue weighted by atomic mass is 16.5. The summed E-state index contributed by atoms with van der Waals surface area (Å²) in [5.74, 6) is -0.166. The van der Waals surface area contributed by atoms with E-state index in [-0.39, 0.29) is 5.97 Å². The fourth-order valence-corrected chi connectivity index (χ4v) is 1.88. The van der Waals surface area contributed by atoms with Gasteiger partial charge in [0, 0.05) is 25.5 Å². The molecule has 0 aliphatic heterocycles. The molecule has 0 aromatic carbocycles. The third-order valence-corrected chi connectivity index (χ3v) is 2.77. The molecule has 0 saturated carbocycles. The molecule has 0 bridgehead atoms. The molecule has 5 heteroatoms. The van der Waals surface area contributed by atoms with Gasteiger partial charge in [-0.2, -0.15) is 0 Å². The molecule has 0 radical (unpaired) electrons. The molecule has 0 aliphatic carbocycles. The van der Waals surface area contributed by atoms with Crippen LogP contribution in [0, 0.1) is 6.92 Å². The zero-order chi connectivity index (χ0) is 13.7. The van der Waals surface area contributed by atoms with Crippen molar-refractivity contribution in [1.82, 2.24) is 14.7 Å². The second-order valence-electron chi connectivity index (χ2n) is 4.44. The molecule has 2 heterocycles. The Kier molecular flexibility index (Phi) is 4.52. The molecule has 0 unspecified atom stereocenters. The average Bonchev–Trinajstić information content (AvgIpc) is 2.77. The number of nitrogens with one attached hydrogen (secondary N) is 1. The van der Waals surface area contributed by atoms with Gasteiger partial charge in [-0.05, 0) is 25.5 Å². The number of pyridine rings is 1. The van der Waals surface area contributed by atoms with E-state index in [9.17, 15) is 4.79 Å². The number of hydrogen-bond acceptors (Lipinski definition) is 4. The molecule has 0 fully saturated rings. The maximum absolute atomic E-state index is 11.2. The fourth-order valence-electron chi connectivity index (χ4n) is 1.88. The topological polar surface area (TPSA) is 55.6 Å². The van der Waals surface area contributed by atoms with Crippen LogP contribution in [0.3, 0.4) is 0 Å². The number of carbonyl (C=O) groups excluding carboxylic acids is 1. The van der Waals surface area contributed by atoms with Crippen molar-refractivity contribution in [1.29, 1.82) is 0 Å². The van der Waals surface area contributed by atoms with Crippen LogP contribution in [0.15, 0.2) is 24.5 Å². The molecular weight excluding hydrogens is 242 g/mol. The number of nitrogens with zero attached hydrogens (tertiary/aromatic N) is 2. The first-order valence-corrected chi connectivity index (χ1v) is 6.49. The lowest BCUT2D eigenvalue weighted by atomic mass is 10.3. The highest BCUT2D eigenvalue weighted by Gasteiger charge is 2.03. The van der Waals surface area contributed by atoms with Crippen LogP contribution in [0.5, 0.6) is 0 Å². The molecule has 0 aliphatic rings. The van der Waals surface area contributed by atoms with Gasteiger partial charge in [-0.1, -0.05) is 6.07 Å². The van der Waals surface area contributed by atoms with Crippen LogP contribution in [-0.2, 0) is 16.1 Å². The third-order valence-electron chi connectivity index (χ3n) is 2.77. The molecule has 1 N–H and O–H groups in total. The number of ether oxygens (including phenoxy) is 1. The molecule has 2 aromatic heterocycles. The van der Waals surface area contributed by atoms with Gasteiger partial charge in [0.2, 0.25) is 0 Å². The lowest BCUT2D eigenvalue weighted by Crippen LogP contribution is -2.19. The van der Waals surface area contributed by atoms with Crippen LogP contribution < -0.4 is 5.32 Å². The zero-order valence-corrected chi connectivity index (χ0v) is 11.3. The summed E-state index contributed by atoms with van der Waals surface area (Å²) in [4.78, 5) is 15.6. The molecule has 0 saturated heterocycles. The Morgan fingerprint density at radius 3 is 3.05 bits per heavy atom. The van der Waals surface area contributed by atoms with Crippen molar-refractivity contribution < 1.29 is 9.53 Å². The van der Waals surface area contributed by atoms with Crippen molar-refractivity contribution in [3.8, 4) is 0 Å². The Bertz CT molecular complexity index is 563. The third kappa shape index (κ3) is 3.79. The molecule has 102 valence electrons. The lowest BCUT2D eigenvalue weighted by molar-refractivity contribution is -0.142. The second-order valence-corrected chi connectivity index (χ2v) is 4.44. The minimum absolute atomic E-state index is 0.166. The summed E-state index contributed by atoms with van der Waals surface area (Å²) in [5, 5.41) is 3.19. The number of aromatic nitrogens is 2. The molecule has 2 rings (SSSR count).